The molecule has 0 rings (SSSR count). The van der Waals surface area contributed by atoms with E-state index in [1.54, 1.807) is 28.3 Å². The van der Waals surface area contributed by atoms with E-state index >= 15 is 0 Å². The maximum absolute atomic E-state index is 12.5. The highest BCUT2D eigenvalue weighted by atomic mass is 28.4. The molecular weight excluding hydrogens is 308 g/mol. The first-order valence-corrected chi connectivity index (χ1v) is 10.6. The summed E-state index contributed by atoms with van der Waals surface area (Å²) in [6.45, 7) is 7.76. The van der Waals surface area contributed by atoms with Gasteiger partial charge in [-0.15, -0.1) is 0 Å². The molecule has 0 saturated heterocycles. The zero-order valence-electron chi connectivity index (χ0n) is 15.8. The summed E-state index contributed by atoms with van der Waals surface area (Å²) in [5, 5.41) is 0. The molecule has 0 amide bonds. The van der Waals surface area contributed by atoms with E-state index in [1.807, 2.05) is 0 Å². The summed E-state index contributed by atoms with van der Waals surface area (Å²) >= 11 is 0. The molecule has 0 spiro atoms. The highest BCUT2D eigenvalue weighted by Gasteiger charge is 2.50. The van der Waals surface area contributed by atoms with Gasteiger partial charge in [0, 0.05) is 21.3 Å². The van der Waals surface area contributed by atoms with E-state index in [4.69, 9.17) is 13.3 Å². The largest absolute Gasteiger partial charge is 0.511 e. The zero-order chi connectivity index (χ0) is 17.7. The number of Topliss-reactive ketones (excluding diaryl/α,β-unsaturated/α-hetero) is 1. The molecule has 0 bridgehead atoms. The predicted octanol–water partition coefficient (Wildman–Crippen LogP) is 4.91. The lowest BCUT2D eigenvalue weighted by Crippen LogP contribution is -2.50. The van der Waals surface area contributed by atoms with Gasteiger partial charge in [-0.05, 0) is 18.9 Å². The van der Waals surface area contributed by atoms with Crippen LogP contribution in [-0.4, -0.2) is 35.9 Å². The molecule has 1 atom stereocenters. The molecule has 0 saturated carbocycles. The van der Waals surface area contributed by atoms with Gasteiger partial charge in [0.15, 0.2) is 5.78 Å². The Bertz CT molecular complexity index is 332. The molecule has 0 aromatic carbocycles. The summed E-state index contributed by atoms with van der Waals surface area (Å²) in [6, 6.07) is 0. The Kier molecular flexibility index (Phi) is 12.6. The second-order valence-corrected chi connectivity index (χ2v) is 9.31. The standard InChI is InChI=1S/C18H36O4Si/c1-7-8-9-10-11-12-13-14-15-17(18(19)16(2)3)23(20-4,21-5)22-6/h17H,2,7-15H2,1,3-6H3. The van der Waals surface area contributed by atoms with E-state index in [9.17, 15) is 4.79 Å². The average Bonchev–Trinajstić information content (AvgIpc) is 2.56. The quantitative estimate of drug-likeness (QED) is 0.240. The smallest absolute Gasteiger partial charge is 0.376 e. The minimum atomic E-state index is -2.97. The highest BCUT2D eigenvalue weighted by molar-refractivity contribution is 6.67. The van der Waals surface area contributed by atoms with Gasteiger partial charge in [-0.1, -0.05) is 64.9 Å². The maximum Gasteiger partial charge on any atom is 0.511 e. The Morgan fingerprint density at radius 3 is 1.74 bits per heavy atom. The van der Waals surface area contributed by atoms with Crippen molar-refractivity contribution in [2.45, 2.75) is 77.2 Å². The Morgan fingerprint density at radius 2 is 1.35 bits per heavy atom. The third kappa shape index (κ3) is 7.74. The third-order valence-corrected chi connectivity index (χ3v) is 7.48. The van der Waals surface area contributed by atoms with Gasteiger partial charge >= 0.3 is 8.80 Å². The van der Waals surface area contributed by atoms with Crippen molar-refractivity contribution in [3.8, 4) is 0 Å². The van der Waals surface area contributed by atoms with Gasteiger partial charge in [-0.25, -0.2) is 0 Å². The van der Waals surface area contributed by atoms with Crippen molar-refractivity contribution in [2.24, 2.45) is 0 Å². The van der Waals surface area contributed by atoms with E-state index in [-0.39, 0.29) is 11.3 Å². The molecule has 1 unspecified atom stereocenters. The van der Waals surface area contributed by atoms with Gasteiger partial charge in [0.1, 0.15) is 0 Å². The Labute approximate surface area is 144 Å². The third-order valence-electron chi connectivity index (χ3n) is 4.36. The number of hydrogen-bond acceptors (Lipinski definition) is 4. The van der Waals surface area contributed by atoms with Crippen molar-refractivity contribution in [1.82, 2.24) is 0 Å². The lowest BCUT2D eigenvalue weighted by molar-refractivity contribution is -0.117. The number of allylic oxidation sites excluding steroid dienone is 1. The molecular formula is C18H36O4Si. The predicted molar refractivity (Wildman–Crippen MR) is 97.6 cm³/mol. The summed E-state index contributed by atoms with van der Waals surface area (Å²) in [5.41, 5.74) is 0.192. The molecule has 23 heavy (non-hydrogen) atoms. The molecule has 4 nitrogen and oxygen atoms in total. The monoisotopic (exact) mass is 344 g/mol. The molecule has 0 aliphatic heterocycles. The minimum Gasteiger partial charge on any atom is -0.376 e. The van der Waals surface area contributed by atoms with Crippen LogP contribution < -0.4 is 0 Å². The fourth-order valence-corrected chi connectivity index (χ4v) is 5.40. The van der Waals surface area contributed by atoms with Crippen LogP contribution in [0.1, 0.15) is 71.6 Å². The van der Waals surface area contributed by atoms with Gasteiger partial charge in [0.05, 0.1) is 5.54 Å². The van der Waals surface area contributed by atoms with E-state index in [1.165, 1.54) is 38.5 Å². The van der Waals surface area contributed by atoms with Gasteiger partial charge in [-0.3, -0.25) is 4.79 Å². The van der Waals surface area contributed by atoms with Crippen molar-refractivity contribution in [1.29, 1.82) is 0 Å². The number of unbranched alkanes of at least 4 members (excludes halogenated alkanes) is 7. The molecule has 136 valence electrons. The SMILES string of the molecule is C=C(C)C(=O)C(CCCCCCCCCC)[Si](OC)(OC)OC. The number of ketones is 1. The van der Waals surface area contributed by atoms with Crippen molar-refractivity contribution >= 4 is 14.6 Å². The average molecular weight is 345 g/mol. The van der Waals surface area contributed by atoms with Gasteiger partial charge in [0.25, 0.3) is 0 Å². The second kappa shape index (κ2) is 12.9. The van der Waals surface area contributed by atoms with E-state index in [0.717, 1.165) is 19.3 Å². The molecule has 5 heteroatoms. The van der Waals surface area contributed by atoms with Crippen LogP contribution in [0.2, 0.25) is 5.54 Å². The normalized spacial score (nSPS) is 13.1. The summed E-state index contributed by atoms with van der Waals surface area (Å²) in [5.74, 6) is 0.00478. The Balaban J connectivity index is 4.45. The van der Waals surface area contributed by atoms with Gasteiger partial charge < -0.3 is 13.3 Å². The van der Waals surface area contributed by atoms with Crippen molar-refractivity contribution in [3.63, 3.8) is 0 Å². The molecule has 0 aliphatic rings. The van der Waals surface area contributed by atoms with Gasteiger partial charge in [0.2, 0.25) is 0 Å². The van der Waals surface area contributed by atoms with Crippen LogP contribution in [0.25, 0.3) is 0 Å². The summed E-state index contributed by atoms with van der Waals surface area (Å²) < 4.78 is 16.6. The molecule has 0 heterocycles. The van der Waals surface area contributed by atoms with Crippen molar-refractivity contribution in [3.05, 3.63) is 12.2 Å². The molecule has 0 aliphatic carbocycles. The first-order chi connectivity index (χ1) is 11.0. The minimum absolute atomic E-state index is 0.00478. The summed E-state index contributed by atoms with van der Waals surface area (Å²) in [7, 11) is 1.71. The van der Waals surface area contributed by atoms with E-state index in [0.29, 0.717) is 5.57 Å². The maximum atomic E-state index is 12.5. The van der Waals surface area contributed by atoms with Crippen molar-refractivity contribution < 1.29 is 18.1 Å². The van der Waals surface area contributed by atoms with Crippen LogP contribution in [-0.2, 0) is 18.1 Å². The first-order valence-electron chi connectivity index (χ1n) is 8.84. The highest BCUT2D eigenvalue weighted by Crippen LogP contribution is 2.32. The Morgan fingerprint density at radius 1 is 0.913 bits per heavy atom. The molecule has 0 N–H and O–H groups in total. The number of rotatable bonds is 15. The first kappa shape index (κ1) is 22.5. The Hall–Kier alpha value is -0.493. The molecule has 0 aromatic heterocycles. The zero-order valence-corrected chi connectivity index (χ0v) is 16.8. The van der Waals surface area contributed by atoms with Crippen LogP contribution in [0.3, 0.4) is 0 Å². The molecule has 0 fully saturated rings. The fraction of sp³-hybridized carbons (Fsp3) is 0.833. The van der Waals surface area contributed by atoms with E-state index < -0.39 is 8.80 Å². The van der Waals surface area contributed by atoms with Crippen molar-refractivity contribution in [2.75, 3.05) is 21.3 Å². The second-order valence-electron chi connectivity index (χ2n) is 6.18. The van der Waals surface area contributed by atoms with Crippen LogP contribution in [0.5, 0.6) is 0 Å². The lowest BCUT2D eigenvalue weighted by atomic mass is 10.0. The number of hydrogen-bond donors (Lipinski definition) is 0. The topological polar surface area (TPSA) is 44.8 Å². The number of carbonyl (C=O) groups is 1. The fourth-order valence-electron chi connectivity index (χ4n) is 2.92. The summed E-state index contributed by atoms with van der Waals surface area (Å²) in [4.78, 5) is 12.5. The van der Waals surface area contributed by atoms with Crippen LogP contribution >= 0.6 is 0 Å². The lowest BCUT2D eigenvalue weighted by Gasteiger charge is -2.31. The summed E-state index contributed by atoms with van der Waals surface area (Å²) in [6.07, 6.45) is 10.6. The van der Waals surface area contributed by atoms with E-state index in [2.05, 4.69) is 13.5 Å². The van der Waals surface area contributed by atoms with Gasteiger partial charge in [-0.2, -0.15) is 0 Å². The van der Waals surface area contributed by atoms with Crippen LogP contribution in [0.4, 0.5) is 0 Å². The van der Waals surface area contributed by atoms with Crippen LogP contribution in [0.15, 0.2) is 12.2 Å². The molecule has 0 aromatic rings. The molecule has 0 radical (unpaired) electrons. The number of carbonyl (C=O) groups excluding carboxylic acids is 1. The van der Waals surface area contributed by atoms with Crippen LogP contribution in [0, 0.1) is 0 Å².